The van der Waals surface area contributed by atoms with E-state index < -0.39 is 0 Å². The summed E-state index contributed by atoms with van der Waals surface area (Å²) in [7, 11) is 0. The fourth-order valence-corrected chi connectivity index (χ4v) is 1.88. The third-order valence-electron chi connectivity index (χ3n) is 3.49. The van der Waals surface area contributed by atoms with Crippen molar-refractivity contribution >= 4 is 0 Å². The molecule has 1 aromatic rings. The van der Waals surface area contributed by atoms with Crippen molar-refractivity contribution in [3.63, 3.8) is 0 Å². The summed E-state index contributed by atoms with van der Waals surface area (Å²) in [5, 5.41) is 9.88. The molecule has 0 aliphatic rings. The van der Waals surface area contributed by atoms with Gasteiger partial charge in [-0.25, -0.2) is 0 Å². The quantitative estimate of drug-likeness (QED) is 0.833. The lowest BCUT2D eigenvalue weighted by molar-refractivity contribution is 0.326. The highest BCUT2D eigenvalue weighted by atomic mass is 16.3. The molecular formula is C15H25NO. The van der Waals surface area contributed by atoms with Gasteiger partial charge in [-0.2, -0.15) is 0 Å². The molecule has 2 nitrogen and oxygen atoms in total. The van der Waals surface area contributed by atoms with Crippen LogP contribution in [0.4, 0.5) is 0 Å². The normalized spacial score (nSPS) is 15.6. The third-order valence-corrected chi connectivity index (χ3v) is 3.49. The van der Waals surface area contributed by atoms with Crippen molar-refractivity contribution in [2.45, 2.75) is 53.0 Å². The second kappa shape index (κ2) is 5.09. The van der Waals surface area contributed by atoms with Crippen LogP contribution >= 0.6 is 0 Å². The summed E-state index contributed by atoms with van der Waals surface area (Å²) in [6.45, 7) is 10.6. The Balaban J connectivity index is 3.13. The van der Waals surface area contributed by atoms with Crippen molar-refractivity contribution in [3.05, 3.63) is 29.3 Å². The second-order valence-electron chi connectivity index (χ2n) is 5.97. The van der Waals surface area contributed by atoms with Crippen molar-refractivity contribution in [2.24, 2.45) is 11.1 Å². The van der Waals surface area contributed by atoms with Gasteiger partial charge in [0.15, 0.2) is 0 Å². The van der Waals surface area contributed by atoms with E-state index >= 15 is 0 Å². The van der Waals surface area contributed by atoms with Gasteiger partial charge in [0.1, 0.15) is 5.75 Å². The van der Waals surface area contributed by atoms with Crippen LogP contribution in [0.1, 0.15) is 64.1 Å². The lowest BCUT2D eigenvalue weighted by Gasteiger charge is -2.28. The van der Waals surface area contributed by atoms with Crippen molar-refractivity contribution in [1.29, 1.82) is 0 Å². The SMILES string of the molecule is CCC(C)c1cc(C(N)C(C)(C)C)ccc1O. The van der Waals surface area contributed by atoms with Gasteiger partial charge in [-0.15, -0.1) is 0 Å². The van der Waals surface area contributed by atoms with Crippen LogP contribution in [-0.2, 0) is 0 Å². The number of aromatic hydroxyl groups is 1. The topological polar surface area (TPSA) is 46.2 Å². The standard InChI is InChI=1S/C15H25NO/c1-6-10(2)12-9-11(7-8-13(12)17)14(16)15(3,4)5/h7-10,14,17H,6,16H2,1-5H3. The Morgan fingerprint density at radius 3 is 2.35 bits per heavy atom. The van der Waals surface area contributed by atoms with Crippen LogP contribution in [0.15, 0.2) is 18.2 Å². The molecule has 0 aromatic heterocycles. The molecule has 0 aliphatic carbocycles. The van der Waals surface area contributed by atoms with E-state index in [1.165, 1.54) is 0 Å². The highest BCUT2D eigenvalue weighted by molar-refractivity contribution is 5.39. The maximum absolute atomic E-state index is 9.88. The lowest BCUT2D eigenvalue weighted by Crippen LogP contribution is -2.26. The molecular weight excluding hydrogens is 210 g/mol. The molecule has 1 aromatic carbocycles. The first-order valence-corrected chi connectivity index (χ1v) is 6.35. The second-order valence-corrected chi connectivity index (χ2v) is 5.97. The number of hydrogen-bond acceptors (Lipinski definition) is 2. The minimum absolute atomic E-state index is 0.00842. The molecule has 0 heterocycles. The van der Waals surface area contributed by atoms with E-state index in [2.05, 4.69) is 40.7 Å². The van der Waals surface area contributed by atoms with E-state index in [4.69, 9.17) is 5.73 Å². The third kappa shape index (κ3) is 3.22. The van der Waals surface area contributed by atoms with Gasteiger partial charge >= 0.3 is 0 Å². The molecule has 0 fully saturated rings. The lowest BCUT2D eigenvalue weighted by atomic mass is 9.82. The van der Waals surface area contributed by atoms with Crippen molar-refractivity contribution in [2.75, 3.05) is 0 Å². The van der Waals surface area contributed by atoms with Crippen molar-refractivity contribution < 1.29 is 5.11 Å². The Hall–Kier alpha value is -1.02. The summed E-state index contributed by atoms with van der Waals surface area (Å²) in [5.41, 5.74) is 8.39. The summed E-state index contributed by atoms with van der Waals surface area (Å²) in [6.07, 6.45) is 1.02. The molecule has 0 aliphatic heterocycles. The molecule has 0 saturated heterocycles. The van der Waals surface area contributed by atoms with Gasteiger partial charge < -0.3 is 10.8 Å². The molecule has 0 radical (unpaired) electrons. The minimum atomic E-state index is -0.00842. The average Bonchev–Trinajstić information content (AvgIpc) is 2.26. The highest BCUT2D eigenvalue weighted by Gasteiger charge is 2.23. The van der Waals surface area contributed by atoms with E-state index in [-0.39, 0.29) is 11.5 Å². The summed E-state index contributed by atoms with van der Waals surface area (Å²) in [4.78, 5) is 0. The molecule has 2 heteroatoms. The van der Waals surface area contributed by atoms with Crippen LogP contribution in [0.3, 0.4) is 0 Å². The summed E-state index contributed by atoms with van der Waals surface area (Å²) in [5.74, 6) is 0.742. The minimum Gasteiger partial charge on any atom is -0.508 e. The van der Waals surface area contributed by atoms with Crippen LogP contribution in [0.2, 0.25) is 0 Å². The Morgan fingerprint density at radius 1 is 1.29 bits per heavy atom. The largest absolute Gasteiger partial charge is 0.508 e. The predicted molar refractivity (Wildman–Crippen MR) is 73.2 cm³/mol. The predicted octanol–water partition coefficient (Wildman–Crippen LogP) is 3.95. The van der Waals surface area contributed by atoms with Crippen molar-refractivity contribution in [3.8, 4) is 5.75 Å². The van der Waals surface area contributed by atoms with Crippen molar-refractivity contribution in [1.82, 2.24) is 0 Å². The van der Waals surface area contributed by atoms with E-state index in [0.29, 0.717) is 11.7 Å². The van der Waals surface area contributed by atoms with Gasteiger partial charge in [0, 0.05) is 6.04 Å². The highest BCUT2D eigenvalue weighted by Crippen LogP contribution is 2.35. The number of benzene rings is 1. The van der Waals surface area contributed by atoms with Gasteiger partial charge in [-0.3, -0.25) is 0 Å². The smallest absolute Gasteiger partial charge is 0.119 e. The van der Waals surface area contributed by atoms with Crippen LogP contribution in [-0.4, -0.2) is 5.11 Å². The number of phenolic OH excluding ortho intramolecular Hbond substituents is 1. The number of rotatable bonds is 3. The van der Waals surface area contributed by atoms with Crippen LogP contribution in [0.5, 0.6) is 5.75 Å². The zero-order valence-electron chi connectivity index (χ0n) is 11.6. The summed E-state index contributed by atoms with van der Waals surface area (Å²) in [6, 6.07) is 5.74. The van der Waals surface area contributed by atoms with E-state index in [1.807, 2.05) is 6.07 Å². The van der Waals surface area contributed by atoms with Gasteiger partial charge in [-0.05, 0) is 34.9 Å². The zero-order chi connectivity index (χ0) is 13.2. The van der Waals surface area contributed by atoms with E-state index in [9.17, 15) is 5.11 Å². The van der Waals surface area contributed by atoms with Crippen LogP contribution in [0.25, 0.3) is 0 Å². The van der Waals surface area contributed by atoms with E-state index in [1.54, 1.807) is 6.07 Å². The Morgan fingerprint density at radius 2 is 1.88 bits per heavy atom. The van der Waals surface area contributed by atoms with Crippen LogP contribution in [0, 0.1) is 5.41 Å². The maximum atomic E-state index is 9.88. The number of nitrogens with two attached hydrogens (primary N) is 1. The summed E-state index contributed by atoms with van der Waals surface area (Å²) < 4.78 is 0. The molecule has 0 spiro atoms. The molecule has 0 amide bonds. The molecule has 0 saturated carbocycles. The first kappa shape index (κ1) is 14.0. The molecule has 2 unspecified atom stereocenters. The van der Waals surface area contributed by atoms with Crippen LogP contribution < -0.4 is 5.73 Å². The summed E-state index contributed by atoms with van der Waals surface area (Å²) >= 11 is 0. The molecule has 1 rings (SSSR count). The van der Waals surface area contributed by atoms with Gasteiger partial charge in [0.25, 0.3) is 0 Å². The zero-order valence-corrected chi connectivity index (χ0v) is 11.6. The fourth-order valence-electron chi connectivity index (χ4n) is 1.88. The maximum Gasteiger partial charge on any atom is 0.119 e. The van der Waals surface area contributed by atoms with Gasteiger partial charge in [0.05, 0.1) is 0 Å². The molecule has 96 valence electrons. The van der Waals surface area contributed by atoms with Gasteiger partial charge in [-0.1, -0.05) is 46.8 Å². The molecule has 17 heavy (non-hydrogen) atoms. The van der Waals surface area contributed by atoms with E-state index in [0.717, 1.165) is 17.5 Å². The first-order chi connectivity index (χ1) is 7.77. The number of hydrogen-bond donors (Lipinski definition) is 2. The fraction of sp³-hybridized carbons (Fsp3) is 0.600. The Kier molecular flexibility index (Phi) is 4.21. The first-order valence-electron chi connectivity index (χ1n) is 6.35. The molecule has 0 bridgehead atoms. The van der Waals surface area contributed by atoms with Gasteiger partial charge in [0.2, 0.25) is 0 Å². The molecule has 3 N–H and O–H groups in total. The average molecular weight is 235 g/mol. The Labute approximate surface area is 105 Å². The monoisotopic (exact) mass is 235 g/mol. The number of phenols is 1. The molecule has 2 atom stereocenters. The Bertz CT molecular complexity index is 379.